The van der Waals surface area contributed by atoms with Crippen LogP contribution in [0.25, 0.3) is 0 Å². The van der Waals surface area contributed by atoms with Crippen molar-refractivity contribution in [3.05, 3.63) is 12.2 Å². The third-order valence-electron chi connectivity index (χ3n) is 1.72. The normalized spacial score (nSPS) is 22.8. The summed E-state index contributed by atoms with van der Waals surface area (Å²) < 4.78 is 0. The molecule has 11 heavy (non-hydrogen) atoms. The Morgan fingerprint density at radius 2 is 2.09 bits per heavy atom. The van der Waals surface area contributed by atoms with Gasteiger partial charge in [-0.25, -0.2) is 0 Å². The number of rotatable bonds is 0. The highest BCUT2D eigenvalue weighted by atomic mass is 32.1. The molecule has 1 aliphatic rings. The Bertz CT molecular complexity index is 255. The van der Waals surface area contributed by atoms with E-state index in [0.717, 1.165) is 4.86 Å². The van der Waals surface area contributed by atoms with Gasteiger partial charge in [0.25, 0.3) is 0 Å². The molecule has 0 amide bonds. The van der Waals surface area contributed by atoms with Crippen LogP contribution in [0.2, 0.25) is 0 Å². The van der Waals surface area contributed by atoms with Crippen LogP contribution in [0.1, 0.15) is 20.8 Å². The molecule has 0 heterocycles. The molecule has 1 atom stereocenters. The first-order valence-electron chi connectivity index (χ1n) is 3.74. The number of hydrogen-bond acceptors (Lipinski definition) is 1. The average Bonchev–Trinajstić information content (AvgIpc) is 1.86. The SMILES string of the molecule is CC(C)(C)C1C#CC(=S)C=C1. The van der Waals surface area contributed by atoms with Gasteiger partial charge in [-0.2, -0.15) is 0 Å². The van der Waals surface area contributed by atoms with Crippen molar-refractivity contribution >= 4 is 17.1 Å². The number of thiocarbonyl (C=S) groups is 1. The molecule has 1 rings (SSSR count). The van der Waals surface area contributed by atoms with Crippen LogP contribution in [0, 0.1) is 23.2 Å². The molecule has 0 N–H and O–H groups in total. The fraction of sp³-hybridized carbons (Fsp3) is 0.500. The van der Waals surface area contributed by atoms with Crippen molar-refractivity contribution in [2.24, 2.45) is 11.3 Å². The summed E-state index contributed by atoms with van der Waals surface area (Å²) in [5.41, 5.74) is 0.236. The van der Waals surface area contributed by atoms with Gasteiger partial charge >= 0.3 is 0 Å². The zero-order chi connectivity index (χ0) is 8.48. The molecule has 0 aromatic heterocycles. The molecule has 1 heteroatoms. The van der Waals surface area contributed by atoms with Gasteiger partial charge in [0.1, 0.15) is 0 Å². The summed E-state index contributed by atoms with van der Waals surface area (Å²) in [6.07, 6.45) is 4.03. The predicted octanol–water partition coefficient (Wildman–Crippen LogP) is 2.59. The largest absolute Gasteiger partial charge is 0.0889 e. The summed E-state index contributed by atoms with van der Waals surface area (Å²) in [6.45, 7) is 6.56. The van der Waals surface area contributed by atoms with Crippen LogP contribution < -0.4 is 0 Å². The zero-order valence-corrected chi connectivity index (χ0v) is 7.96. The van der Waals surface area contributed by atoms with Crippen LogP contribution in [-0.4, -0.2) is 4.86 Å². The van der Waals surface area contributed by atoms with Gasteiger partial charge in [0.05, 0.1) is 4.86 Å². The highest BCUT2D eigenvalue weighted by Crippen LogP contribution is 2.27. The smallest absolute Gasteiger partial charge is 0.0872 e. The van der Waals surface area contributed by atoms with Crippen LogP contribution in [0.15, 0.2) is 12.2 Å². The van der Waals surface area contributed by atoms with E-state index < -0.39 is 0 Å². The lowest BCUT2D eigenvalue weighted by Gasteiger charge is -2.24. The van der Waals surface area contributed by atoms with E-state index in [-0.39, 0.29) is 5.41 Å². The molecule has 0 aliphatic heterocycles. The summed E-state index contributed by atoms with van der Waals surface area (Å²) >= 11 is 4.92. The van der Waals surface area contributed by atoms with Crippen LogP contribution in [-0.2, 0) is 0 Å². The van der Waals surface area contributed by atoms with Crippen LogP contribution in [0.4, 0.5) is 0 Å². The Labute approximate surface area is 73.7 Å². The van der Waals surface area contributed by atoms with E-state index in [0.29, 0.717) is 5.92 Å². The molecule has 0 fully saturated rings. The minimum atomic E-state index is 0.236. The van der Waals surface area contributed by atoms with Crippen molar-refractivity contribution in [3.63, 3.8) is 0 Å². The molecular formula is C10H12S. The molecule has 1 unspecified atom stereocenters. The van der Waals surface area contributed by atoms with E-state index in [1.165, 1.54) is 0 Å². The van der Waals surface area contributed by atoms with Crippen molar-refractivity contribution in [2.75, 3.05) is 0 Å². The van der Waals surface area contributed by atoms with Crippen molar-refractivity contribution in [1.82, 2.24) is 0 Å². The van der Waals surface area contributed by atoms with E-state index in [1.807, 2.05) is 6.08 Å². The fourth-order valence-corrected chi connectivity index (χ4v) is 1.06. The Hall–Kier alpha value is -0.610. The van der Waals surface area contributed by atoms with E-state index in [1.54, 1.807) is 0 Å². The maximum atomic E-state index is 4.92. The zero-order valence-electron chi connectivity index (χ0n) is 7.14. The first-order valence-corrected chi connectivity index (χ1v) is 4.15. The maximum Gasteiger partial charge on any atom is 0.0872 e. The van der Waals surface area contributed by atoms with Crippen molar-refractivity contribution < 1.29 is 0 Å². The Kier molecular flexibility index (Phi) is 2.15. The average molecular weight is 164 g/mol. The third-order valence-corrected chi connectivity index (χ3v) is 1.96. The van der Waals surface area contributed by atoms with Gasteiger partial charge < -0.3 is 0 Å². The first kappa shape index (κ1) is 8.49. The molecule has 0 radical (unpaired) electrons. The van der Waals surface area contributed by atoms with Gasteiger partial charge in [-0.1, -0.05) is 50.9 Å². The van der Waals surface area contributed by atoms with Crippen LogP contribution >= 0.6 is 12.2 Å². The van der Waals surface area contributed by atoms with Crippen molar-refractivity contribution in [3.8, 4) is 11.8 Å². The minimum Gasteiger partial charge on any atom is -0.0889 e. The van der Waals surface area contributed by atoms with Gasteiger partial charge in [0.15, 0.2) is 0 Å². The van der Waals surface area contributed by atoms with Gasteiger partial charge in [-0.15, -0.1) is 0 Å². The van der Waals surface area contributed by atoms with Gasteiger partial charge in [0, 0.05) is 5.92 Å². The number of allylic oxidation sites excluding steroid dienone is 2. The highest BCUT2D eigenvalue weighted by molar-refractivity contribution is 7.81. The van der Waals surface area contributed by atoms with E-state index in [9.17, 15) is 0 Å². The molecule has 0 saturated heterocycles. The first-order chi connectivity index (χ1) is 5.00. The van der Waals surface area contributed by atoms with Crippen LogP contribution in [0.5, 0.6) is 0 Å². The lowest BCUT2D eigenvalue weighted by atomic mass is 9.80. The van der Waals surface area contributed by atoms with Gasteiger partial charge in [-0.3, -0.25) is 0 Å². The third kappa shape index (κ3) is 2.17. The standard InChI is InChI=1S/C10H12S/c1-10(2,3)8-4-6-9(11)7-5-8/h4,6,8H,1-3H3. The monoisotopic (exact) mass is 164 g/mol. The lowest BCUT2D eigenvalue weighted by molar-refractivity contribution is 0.353. The highest BCUT2D eigenvalue weighted by Gasteiger charge is 2.21. The maximum absolute atomic E-state index is 4.92. The van der Waals surface area contributed by atoms with E-state index >= 15 is 0 Å². The number of hydrogen-bond donors (Lipinski definition) is 0. The van der Waals surface area contributed by atoms with Gasteiger partial charge in [0.2, 0.25) is 0 Å². The van der Waals surface area contributed by atoms with Gasteiger partial charge in [-0.05, 0) is 11.5 Å². The summed E-state index contributed by atoms with van der Waals surface area (Å²) in [5.74, 6) is 6.42. The molecule has 0 saturated carbocycles. The molecule has 0 nitrogen and oxygen atoms in total. The minimum absolute atomic E-state index is 0.236. The summed E-state index contributed by atoms with van der Waals surface area (Å²) in [4.78, 5) is 0.755. The molecule has 0 aromatic carbocycles. The molecule has 58 valence electrons. The Morgan fingerprint density at radius 1 is 1.45 bits per heavy atom. The molecule has 0 bridgehead atoms. The van der Waals surface area contributed by atoms with Crippen molar-refractivity contribution in [1.29, 1.82) is 0 Å². The second-order valence-electron chi connectivity index (χ2n) is 3.84. The lowest BCUT2D eigenvalue weighted by Crippen LogP contribution is -2.18. The molecular weight excluding hydrogens is 152 g/mol. The second kappa shape index (κ2) is 2.79. The fourth-order valence-electron chi connectivity index (χ4n) is 0.927. The Balaban J connectivity index is 2.81. The molecule has 0 aromatic rings. The summed E-state index contributed by atoms with van der Waals surface area (Å²) in [7, 11) is 0. The van der Waals surface area contributed by atoms with E-state index in [2.05, 4.69) is 38.7 Å². The second-order valence-corrected chi connectivity index (χ2v) is 4.28. The predicted molar refractivity (Wildman–Crippen MR) is 52.5 cm³/mol. The molecule has 1 aliphatic carbocycles. The molecule has 0 spiro atoms. The topological polar surface area (TPSA) is 0 Å². The summed E-state index contributed by atoms with van der Waals surface area (Å²) in [6, 6.07) is 0. The van der Waals surface area contributed by atoms with Crippen LogP contribution in [0.3, 0.4) is 0 Å². The quantitative estimate of drug-likeness (QED) is 0.392. The van der Waals surface area contributed by atoms with Crippen molar-refractivity contribution in [2.45, 2.75) is 20.8 Å². The Morgan fingerprint density at radius 3 is 2.45 bits per heavy atom. The van der Waals surface area contributed by atoms with E-state index in [4.69, 9.17) is 12.2 Å². The summed E-state index contributed by atoms with van der Waals surface area (Å²) in [5, 5.41) is 0.